The number of amides is 1. The molecule has 0 unspecified atom stereocenters. The van der Waals surface area contributed by atoms with Crippen molar-refractivity contribution < 1.29 is 23.8 Å². The Morgan fingerprint density at radius 1 is 1.02 bits per heavy atom. The molecule has 0 radical (unpaired) electrons. The van der Waals surface area contributed by atoms with E-state index in [4.69, 9.17) is 14.2 Å². The Hall–Kier alpha value is -4.89. The van der Waals surface area contributed by atoms with E-state index in [0.717, 1.165) is 16.7 Å². The Labute approximate surface area is 240 Å². The molecule has 0 aliphatic heterocycles. The van der Waals surface area contributed by atoms with Crippen LogP contribution in [-0.4, -0.2) is 29.8 Å². The minimum atomic E-state index is -0.733. The minimum Gasteiger partial charge on any atom is -0.487 e. The van der Waals surface area contributed by atoms with Crippen molar-refractivity contribution in [2.75, 3.05) is 12.0 Å². The topological polar surface area (TPSA) is 126 Å². The lowest BCUT2D eigenvalue weighted by molar-refractivity contribution is -0.140. The highest BCUT2D eigenvalue weighted by molar-refractivity contribution is 5.88. The van der Waals surface area contributed by atoms with Gasteiger partial charge in [0.15, 0.2) is 0 Å². The number of nitrogens with zero attached hydrogens (tertiary/aromatic N) is 4. The van der Waals surface area contributed by atoms with E-state index < -0.39 is 11.7 Å². The molecule has 212 valence electrons. The van der Waals surface area contributed by atoms with Gasteiger partial charge in [0, 0.05) is 23.9 Å². The highest BCUT2D eigenvalue weighted by Gasteiger charge is 2.26. The number of pyridine rings is 1. The molecule has 0 saturated heterocycles. The zero-order valence-corrected chi connectivity index (χ0v) is 24.1. The summed E-state index contributed by atoms with van der Waals surface area (Å²) in [5, 5.41) is 18.5. The molecule has 9 heteroatoms. The van der Waals surface area contributed by atoms with Crippen molar-refractivity contribution in [3.63, 3.8) is 0 Å². The highest BCUT2D eigenvalue weighted by Crippen LogP contribution is 2.31. The number of carbonyl (C=O) groups excluding carboxylic acids is 2. The van der Waals surface area contributed by atoms with E-state index in [1.807, 2.05) is 13.0 Å². The van der Waals surface area contributed by atoms with Crippen molar-refractivity contribution in [1.29, 1.82) is 10.5 Å². The van der Waals surface area contributed by atoms with Crippen LogP contribution in [0.5, 0.6) is 5.75 Å². The van der Waals surface area contributed by atoms with Crippen molar-refractivity contribution in [2.24, 2.45) is 0 Å². The molecule has 1 aromatic heterocycles. The third kappa shape index (κ3) is 8.81. The Balaban J connectivity index is 2.02. The number of hydrogen-bond donors (Lipinski definition) is 0. The van der Waals surface area contributed by atoms with Crippen molar-refractivity contribution in [2.45, 2.75) is 65.7 Å². The third-order valence-electron chi connectivity index (χ3n) is 6.13. The first-order chi connectivity index (χ1) is 19.5. The number of rotatable bonds is 10. The second-order valence-electron chi connectivity index (χ2n) is 10.4. The van der Waals surface area contributed by atoms with E-state index in [1.54, 1.807) is 69.4 Å². The number of benzene rings is 2. The summed E-state index contributed by atoms with van der Waals surface area (Å²) in [5.41, 5.74) is 3.82. The second-order valence-corrected chi connectivity index (χ2v) is 10.4. The Morgan fingerprint density at radius 3 is 2.37 bits per heavy atom. The van der Waals surface area contributed by atoms with E-state index in [9.17, 15) is 20.1 Å². The SMILES string of the molecule is COC(=O)CCCc1c(CN(C(=O)OC(C)(C)C)c2ccc(C#N)cc2)cnc(C)c1OCc1cccc(C#N)c1. The fourth-order valence-electron chi connectivity index (χ4n) is 4.14. The lowest BCUT2D eigenvalue weighted by Gasteiger charge is -2.28. The zero-order valence-electron chi connectivity index (χ0n) is 24.1. The number of nitriles is 2. The second kappa shape index (κ2) is 14.0. The molecule has 0 aliphatic rings. The first-order valence-corrected chi connectivity index (χ1v) is 13.2. The van der Waals surface area contributed by atoms with Crippen LogP contribution < -0.4 is 9.64 Å². The van der Waals surface area contributed by atoms with Crippen molar-refractivity contribution in [3.05, 3.63) is 88.2 Å². The Morgan fingerprint density at radius 2 is 1.73 bits per heavy atom. The van der Waals surface area contributed by atoms with Gasteiger partial charge in [-0.1, -0.05) is 12.1 Å². The summed E-state index contributed by atoms with van der Waals surface area (Å²) in [6.07, 6.45) is 2.32. The molecule has 3 aromatic rings. The first kappa shape index (κ1) is 30.6. The summed E-state index contributed by atoms with van der Waals surface area (Å²) in [4.78, 5) is 31.3. The van der Waals surface area contributed by atoms with Crippen LogP contribution in [0.2, 0.25) is 0 Å². The standard InChI is InChI=1S/C32H34N4O5/c1-22-30(40-21-25-9-6-8-24(16-25)18-34)28(10-7-11-29(37)39-5)26(19-35-22)20-36(31(38)41-32(2,3)4)27-14-12-23(17-33)13-15-27/h6,8-9,12-16,19H,7,10-11,20-21H2,1-5H3. The Kier molecular flexibility index (Phi) is 10.4. The van der Waals surface area contributed by atoms with Gasteiger partial charge in [-0.2, -0.15) is 10.5 Å². The van der Waals surface area contributed by atoms with Crippen LogP contribution in [0.1, 0.15) is 67.1 Å². The smallest absolute Gasteiger partial charge is 0.415 e. The number of aromatic nitrogens is 1. The maximum atomic E-state index is 13.4. The van der Waals surface area contributed by atoms with Crippen LogP contribution in [0.4, 0.5) is 10.5 Å². The lowest BCUT2D eigenvalue weighted by Crippen LogP contribution is -2.36. The number of anilines is 1. The van der Waals surface area contributed by atoms with Gasteiger partial charge in [0.25, 0.3) is 0 Å². The van der Waals surface area contributed by atoms with Gasteiger partial charge in [0.1, 0.15) is 18.0 Å². The van der Waals surface area contributed by atoms with Gasteiger partial charge in [-0.15, -0.1) is 0 Å². The van der Waals surface area contributed by atoms with E-state index in [-0.39, 0.29) is 25.5 Å². The van der Waals surface area contributed by atoms with Crippen LogP contribution in [0.25, 0.3) is 0 Å². The van der Waals surface area contributed by atoms with E-state index in [1.165, 1.54) is 12.0 Å². The quantitative estimate of drug-likeness (QED) is 0.273. The summed E-state index contributed by atoms with van der Waals surface area (Å²) in [5.74, 6) is 0.236. The van der Waals surface area contributed by atoms with E-state index in [2.05, 4.69) is 17.1 Å². The number of methoxy groups -OCH3 is 1. The summed E-state index contributed by atoms with van der Waals surface area (Å²) in [6, 6.07) is 18.1. The molecule has 1 amide bonds. The largest absolute Gasteiger partial charge is 0.487 e. The van der Waals surface area contributed by atoms with Gasteiger partial charge < -0.3 is 14.2 Å². The molecule has 41 heavy (non-hydrogen) atoms. The highest BCUT2D eigenvalue weighted by atomic mass is 16.6. The van der Waals surface area contributed by atoms with Crippen molar-refractivity contribution >= 4 is 17.7 Å². The molecule has 0 bridgehead atoms. The molecular formula is C32H34N4O5. The maximum Gasteiger partial charge on any atom is 0.415 e. The summed E-state index contributed by atoms with van der Waals surface area (Å²) in [6.45, 7) is 7.53. The normalized spacial score (nSPS) is 10.7. The molecule has 0 spiro atoms. The zero-order chi connectivity index (χ0) is 30.0. The number of hydrogen-bond acceptors (Lipinski definition) is 8. The molecule has 3 rings (SSSR count). The third-order valence-corrected chi connectivity index (χ3v) is 6.13. The number of ether oxygens (including phenoxy) is 3. The van der Waals surface area contributed by atoms with E-state index in [0.29, 0.717) is 41.1 Å². The van der Waals surface area contributed by atoms with Gasteiger partial charge >= 0.3 is 12.1 Å². The Bertz CT molecular complexity index is 1460. The molecular weight excluding hydrogens is 520 g/mol. The molecule has 9 nitrogen and oxygen atoms in total. The predicted molar refractivity (Wildman–Crippen MR) is 153 cm³/mol. The molecule has 1 heterocycles. The van der Waals surface area contributed by atoms with Crippen molar-refractivity contribution in [1.82, 2.24) is 4.98 Å². The summed E-state index contributed by atoms with van der Waals surface area (Å²) >= 11 is 0. The molecule has 0 N–H and O–H groups in total. The number of aryl methyl sites for hydroxylation is 1. The summed E-state index contributed by atoms with van der Waals surface area (Å²) < 4.78 is 16.8. The van der Waals surface area contributed by atoms with Crippen LogP contribution in [0.15, 0.2) is 54.7 Å². The summed E-state index contributed by atoms with van der Waals surface area (Å²) in [7, 11) is 1.35. The van der Waals surface area contributed by atoms with Gasteiger partial charge in [-0.25, -0.2) is 4.79 Å². The molecule has 0 aliphatic carbocycles. The maximum absolute atomic E-state index is 13.4. The van der Waals surface area contributed by atoms with E-state index >= 15 is 0 Å². The predicted octanol–water partition coefficient (Wildman–Crippen LogP) is 6.15. The average molecular weight is 555 g/mol. The minimum absolute atomic E-state index is 0.113. The average Bonchev–Trinajstić information content (AvgIpc) is 2.95. The molecule has 0 fully saturated rings. The number of esters is 1. The fraction of sp³-hybridized carbons (Fsp3) is 0.344. The molecule has 0 saturated carbocycles. The van der Waals surface area contributed by atoms with Crippen LogP contribution >= 0.6 is 0 Å². The van der Waals surface area contributed by atoms with Gasteiger partial charge in [0.2, 0.25) is 0 Å². The lowest BCUT2D eigenvalue weighted by atomic mass is 10.0. The molecule has 0 atom stereocenters. The van der Waals surface area contributed by atoms with Crippen LogP contribution in [-0.2, 0) is 33.8 Å². The van der Waals surface area contributed by atoms with Gasteiger partial charge in [-0.3, -0.25) is 14.7 Å². The van der Waals surface area contributed by atoms with Gasteiger partial charge in [-0.05, 0) is 88.1 Å². The molecule has 2 aromatic carbocycles. The van der Waals surface area contributed by atoms with Crippen LogP contribution in [0.3, 0.4) is 0 Å². The van der Waals surface area contributed by atoms with Gasteiger partial charge in [0.05, 0.1) is 42.6 Å². The van der Waals surface area contributed by atoms with Crippen LogP contribution in [0, 0.1) is 29.6 Å². The monoisotopic (exact) mass is 554 g/mol. The van der Waals surface area contributed by atoms with Crippen molar-refractivity contribution in [3.8, 4) is 17.9 Å². The fourth-order valence-corrected chi connectivity index (χ4v) is 4.14. The number of carbonyl (C=O) groups is 2. The first-order valence-electron chi connectivity index (χ1n) is 13.2.